The molecular weight excluding hydrogens is 336 g/mol. The van der Waals surface area contributed by atoms with Crippen LogP contribution >= 0.6 is 0 Å². The highest BCUT2D eigenvalue weighted by Crippen LogP contribution is 2.24. The Bertz CT molecular complexity index is 912. The molecule has 0 fully saturated rings. The van der Waals surface area contributed by atoms with Gasteiger partial charge in [-0.1, -0.05) is 42.5 Å². The molecule has 0 radical (unpaired) electrons. The summed E-state index contributed by atoms with van der Waals surface area (Å²) in [6.45, 7) is 2.67. The van der Waals surface area contributed by atoms with Gasteiger partial charge in [-0.2, -0.15) is 0 Å². The van der Waals surface area contributed by atoms with Crippen molar-refractivity contribution < 1.29 is 4.74 Å². The maximum atomic E-state index is 5.42. The molecule has 4 rings (SSSR count). The third-order valence-electron chi connectivity index (χ3n) is 5.00. The molecule has 0 aliphatic carbocycles. The molecule has 5 nitrogen and oxygen atoms in total. The number of hydrogen-bond acceptors (Lipinski definition) is 5. The van der Waals surface area contributed by atoms with Crippen LogP contribution in [0.2, 0.25) is 0 Å². The number of hydrogen-bond donors (Lipinski definition) is 1. The van der Waals surface area contributed by atoms with E-state index in [9.17, 15) is 0 Å². The maximum Gasteiger partial charge on any atom is 0.134 e. The summed E-state index contributed by atoms with van der Waals surface area (Å²) < 4.78 is 5.42. The van der Waals surface area contributed by atoms with Gasteiger partial charge < -0.3 is 15.0 Å². The SMILES string of the molecule is COc1ccccc1CCNc1cc(N2CCc3ccccc3C2)ncn1. The molecule has 3 aromatic rings. The first kappa shape index (κ1) is 17.3. The number of rotatable bonds is 6. The number of nitrogens with zero attached hydrogens (tertiary/aromatic N) is 3. The lowest BCUT2D eigenvalue weighted by Gasteiger charge is -2.29. The zero-order valence-electron chi connectivity index (χ0n) is 15.6. The second-order valence-corrected chi connectivity index (χ2v) is 6.69. The highest BCUT2D eigenvalue weighted by molar-refractivity contribution is 5.50. The Morgan fingerprint density at radius 2 is 1.85 bits per heavy atom. The van der Waals surface area contributed by atoms with Crippen LogP contribution in [0.5, 0.6) is 5.75 Å². The maximum absolute atomic E-state index is 5.42. The summed E-state index contributed by atoms with van der Waals surface area (Å²) in [5.41, 5.74) is 4.01. The van der Waals surface area contributed by atoms with E-state index in [4.69, 9.17) is 4.74 Å². The van der Waals surface area contributed by atoms with Gasteiger partial charge in [0.2, 0.25) is 0 Å². The van der Waals surface area contributed by atoms with E-state index in [-0.39, 0.29) is 0 Å². The zero-order chi connectivity index (χ0) is 18.5. The fourth-order valence-electron chi connectivity index (χ4n) is 3.54. The van der Waals surface area contributed by atoms with E-state index >= 15 is 0 Å². The van der Waals surface area contributed by atoms with Crippen molar-refractivity contribution >= 4 is 11.6 Å². The van der Waals surface area contributed by atoms with Gasteiger partial charge in [-0.15, -0.1) is 0 Å². The lowest BCUT2D eigenvalue weighted by molar-refractivity contribution is 0.410. The van der Waals surface area contributed by atoms with Crippen LogP contribution in [-0.4, -0.2) is 30.2 Å². The van der Waals surface area contributed by atoms with Crippen molar-refractivity contribution in [2.24, 2.45) is 0 Å². The van der Waals surface area contributed by atoms with Crippen molar-refractivity contribution in [3.8, 4) is 5.75 Å². The molecule has 0 spiro atoms. The quantitative estimate of drug-likeness (QED) is 0.726. The number of para-hydroxylation sites is 1. The van der Waals surface area contributed by atoms with E-state index in [0.29, 0.717) is 0 Å². The molecule has 0 saturated heterocycles. The number of anilines is 2. The van der Waals surface area contributed by atoms with Gasteiger partial charge in [-0.25, -0.2) is 9.97 Å². The van der Waals surface area contributed by atoms with Crippen LogP contribution < -0.4 is 15.0 Å². The van der Waals surface area contributed by atoms with Gasteiger partial charge in [-0.3, -0.25) is 0 Å². The van der Waals surface area contributed by atoms with E-state index in [0.717, 1.165) is 49.9 Å². The van der Waals surface area contributed by atoms with Crippen molar-refractivity contribution in [2.45, 2.75) is 19.4 Å². The highest BCUT2D eigenvalue weighted by Gasteiger charge is 2.17. The number of fused-ring (bicyclic) bond motifs is 1. The number of nitrogens with one attached hydrogen (secondary N) is 1. The summed E-state index contributed by atoms with van der Waals surface area (Å²) in [5, 5.41) is 3.41. The average molecular weight is 360 g/mol. The number of methoxy groups -OCH3 is 1. The van der Waals surface area contributed by atoms with Gasteiger partial charge in [0, 0.05) is 25.7 Å². The Hall–Kier alpha value is -3.08. The Morgan fingerprint density at radius 1 is 1.04 bits per heavy atom. The molecule has 1 N–H and O–H groups in total. The smallest absolute Gasteiger partial charge is 0.134 e. The standard InChI is InChI=1S/C22H24N4O/c1-27-20-9-5-4-7-18(20)10-12-23-21-14-22(25-16-24-21)26-13-11-17-6-2-3-8-19(17)15-26/h2-9,14,16H,10-13,15H2,1H3,(H,23,24,25). The van der Waals surface area contributed by atoms with Gasteiger partial charge in [-0.05, 0) is 35.6 Å². The van der Waals surface area contributed by atoms with E-state index in [1.54, 1.807) is 13.4 Å². The van der Waals surface area contributed by atoms with Crippen LogP contribution in [0.1, 0.15) is 16.7 Å². The predicted octanol–water partition coefficient (Wildman–Crippen LogP) is 3.70. The van der Waals surface area contributed by atoms with Gasteiger partial charge in [0.25, 0.3) is 0 Å². The Morgan fingerprint density at radius 3 is 2.74 bits per heavy atom. The first-order valence-corrected chi connectivity index (χ1v) is 9.33. The molecule has 1 aliphatic rings. The molecule has 27 heavy (non-hydrogen) atoms. The Kier molecular flexibility index (Phi) is 5.19. The van der Waals surface area contributed by atoms with Crippen LogP contribution in [-0.2, 0) is 19.4 Å². The molecule has 2 heterocycles. The molecule has 0 bridgehead atoms. The van der Waals surface area contributed by atoms with Crippen LogP contribution in [0.3, 0.4) is 0 Å². The minimum Gasteiger partial charge on any atom is -0.496 e. The van der Waals surface area contributed by atoms with Crippen LogP contribution in [0.4, 0.5) is 11.6 Å². The van der Waals surface area contributed by atoms with E-state index in [1.807, 2.05) is 24.3 Å². The van der Waals surface area contributed by atoms with E-state index < -0.39 is 0 Å². The highest BCUT2D eigenvalue weighted by atomic mass is 16.5. The third-order valence-corrected chi connectivity index (χ3v) is 5.00. The lowest BCUT2D eigenvalue weighted by atomic mass is 10.00. The molecule has 2 aromatic carbocycles. The van der Waals surface area contributed by atoms with Crippen molar-refractivity contribution in [3.05, 3.63) is 77.6 Å². The van der Waals surface area contributed by atoms with Gasteiger partial charge in [0.15, 0.2) is 0 Å². The molecular formula is C22H24N4O. The molecule has 0 saturated carbocycles. The van der Waals surface area contributed by atoms with Gasteiger partial charge >= 0.3 is 0 Å². The predicted molar refractivity (Wildman–Crippen MR) is 108 cm³/mol. The molecule has 0 atom stereocenters. The summed E-state index contributed by atoms with van der Waals surface area (Å²) in [7, 11) is 1.71. The molecule has 1 aromatic heterocycles. The largest absolute Gasteiger partial charge is 0.496 e. The van der Waals surface area contributed by atoms with Crippen molar-refractivity contribution in [1.82, 2.24) is 9.97 Å². The number of benzene rings is 2. The molecule has 0 unspecified atom stereocenters. The number of aromatic nitrogens is 2. The first-order valence-electron chi connectivity index (χ1n) is 9.33. The average Bonchev–Trinajstić information content (AvgIpc) is 2.74. The third kappa shape index (κ3) is 4.03. The normalized spacial score (nSPS) is 13.1. The Balaban J connectivity index is 1.40. The summed E-state index contributed by atoms with van der Waals surface area (Å²) in [5.74, 6) is 2.75. The van der Waals surface area contributed by atoms with Crippen molar-refractivity contribution in [2.75, 3.05) is 30.4 Å². The summed E-state index contributed by atoms with van der Waals surface area (Å²) in [6, 6.07) is 18.8. The van der Waals surface area contributed by atoms with E-state index in [2.05, 4.69) is 50.5 Å². The topological polar surface area (TPSA) is 50.3 Å². The Labute approximate surface area is 160 Å². The fourth-order valence-corrected chi connectivity index (χ4v) is 3.54. The van der Waals surface area contributed by atoms with E-state index in [1.165, 1.54) is 16.7 Å². The van der Waals surface area contributed by atoms with Crippen molar-refractivity contribution in [3.63, 3.8) is 0 Å². The monoisotopic (exact) mass is 360 g/mol. The minimum atomic E-state index is 0.791. The fraction of sp³-hybridized carbons (Fsp3) is 0.273. The van der Waals surface area contributed by atoms with Crippen molar-refractivity contribution in [1.29, 1.82) is 0 Å². The van der Waals surface area contributed by atoms with Crippen LogP contribution in [0.15, 0.2) is 60.9 Å². The first-order chi connectivity index (χ1) is 13.3. The van der Waals surface area contributed by atoms with Gasteiger partial charge in [0.1, 0.15) is 23.7 Å². The number of ether oxygens (including phenoxy) is 1. The lowest BCUT2D eigenvalue weighted by Crippen LogP contribution is -2.31. The summed E-state index contributed by atoms with van der Waals surface area (Å²) in [6.07, 6.45) is 3.57. The van der Waals surface area contributed by atoms with Crippen LogP contribution in [0.25, 0.3) is 0 Å². The molecule has 5 heteroatoms. The van der Waals surface area contributed by atoms with Crippen LogP contribution in [0, 0.1) is 0 Å². The van der Waals surface area contributed by atoms with Gasteiger partial charge in [0.05, 0.1) is 7.11 Å². The molecule has 0 amide bonds. The zero-order valence-corrected chi connectivity index (χ0v) is 15.6. The summed E-state index contributed by atoms with van der Waals surface area (Å²) >= 11 is 0. The molecule has 1 aliphatic heterocycles. The second-order valence-electron chi connectivity index (χ2n) is 6.69. The molecule has 138 valence electrons. The summed E-state index contributed by atoms with van der Waals surface area (Å²) in [4.78, 5) is 11.2. The minimum absolute atomic E-state index is 0.791. The second kappa shape index (κ2) is 8.08.